The Morgan fingerprint density at radius 1 is 1.34 bits per heavy atom. The van der Waals surface area contributed by atoms with Crippen LogP contribution in [0.2, 0.25) is 0 Å². The van der Waals surface area contributed by atoms with Crippen molar-refractivity contribution in [1.29, 1.82) is 0 Å². The lowest BCUT2D eigenvalue weighted by Gasteiger charge is -2.33. The Labute approximate surface area is 188 Å². The molecule has 172 valence electrons. The summed E-state index contributed by atoms with van der Waals surface area (Å²) in [5.74, 6) is 0.189. The van der Waals surface area contributed by atoms with Crippen LogP contribution in [-0.2, 0) is 26.4 Å². The van der Waals surface area contributed by atoms with Gasteiger partial charge in [0.1, 0.15) is 6.10 Å². The average molecular weight is 442 g/mol. The van der Waals surface area contributed by atoms with Gasteiger partial charge in [0.25, 0.3) is 0 Å². The molecule has 2 unspecified atom stereocenters. The summed E-state index contributed by atoms with van der Waals surface area (Å²) in [4.78, 5) is 29.5. The van der Waals surface area contributed by atoms with Crippen molar-refractivity contribution in [1.82, 2.24) is 20.0 Å². The molecular formula is C23H31N5O4. The lowest BCUT2D eigenvalue weighted by atomic mass is 10.0. The first kappa shape index (κ1) is 22.3. The van der Waals surface area contributed by atoms with Crippen molar-refractivity contribution in [2.24, 2.45) is 5.92 Å². The molecule has 1 aromatic heterocycles. The molecule has 2 aromatic rings. The second kappa shape index (κ2) is 8.91. The van der Waals surface area contributed by atoms with E-state index in [1.165, 1.54) is 0 Å². The molecule has 0 radical (unpaired) electrons. The third-order valence-corrected chi connectivity index (χ3v) is 6.18. The number of anilines is 1. The summed E-state index contributed by atoms with van der Waals surface area (Å²) in [6, 6.07) is 9.74. The van der Waals surface area contributed by atoms with Crippen LogP contribution in [0.25, 0.3) is 0 Å². The van der Waals surface area contributed by atoms with E-state index in [2.05, 4.69) is 15.5 Å². The molecule has 2 aliphatic rings. The van der Waals surface area contributed by atoms with Gasteiger partial charge in [-0.3, -0.25) is 14.8 Å². The fourth-order valence-corrected chi connectivity index (χ4v) is 4.27. The molecule has 32 heavy (non-hydrogen) atoms. The minimum atomic E-state index is -0.655. The van der Waals surface area contributed by atoms with E-state index in [0.29, 0.717) is 38.5 Å². The standard InChI is InChI=1S/C23H31N5O4/c1-23(2)19-17(20(26-25-19)24-21(29)16-10-11-31-14-16)12-28(23)22(30)32-18(13-27(3)4)15-8-6-5-7-9-15/h5-9,16,18H,10-14H2,1-4H3,(H2,24,25,26,29). The number of rotatable bonds is 6. The van der Waals surface area contributed by atoms with Crippen LogP contribution in [0, 0.1) is 5.92 Å². The number of amides is 2. The van der Waals surface area contributed by atoms with E-state index >= 15 is 0 Å². The number of hydrogen-bond acceptors (Lipinski definition) is 6. The molecule has 1 fully saturated rings. The second-order valence-electron chi connectivity index (χ2n) is 9.17. The van der Waals surface area contributed by atoms with Crippen LogP contribution in [0.5, 0.6) is 0 Å². The Bertz CT molecular complexity index is 966. The molecule has 1 saturated heterocycles. The van der Waals surface area contributed by atoms with Crippen LogP contribution in [0.1, 0.15) is 43.2 Å². The van der Waals surface area contributed by atoms with Crippen LogP contribution in [0.4, 0.5) is 10.6 Å². The van der Waals surface area contributed by atoms with Gasteiger partial charge in [-0.15, -0.1) is 0 Å². The number of benzene rings is 1. The number of ether oxygens (including phenoxy) is 2. The zero-order valence-corrected chi connectivity index (χ0v) is 19.1. The Morgan fingerprint density at radius 3 is 2.75 bits per heavy atom. The number of carbonyl (C=O) groups is 2. The first-order valence-electron chi connectivity index (χ1n) is 10.9. The quantitative estimate of drug-likeness (QED) is 0.715. The Morgan fingerprint density at radius 2 is 2.09 bits per heavy atom. The summed E-state index contributed by atoms with van der Waals surface area (Å²) in [5, 5.41) is 10.2. The van der Waals surface area contributed by atoms with Gasteiger partial charge >= 0.3 is 6.09 Å². The fraction of sp³-hybridized carbons (Fsp3) is 0.522. The zero-order valence-electron chi connectivity index (χ0n) is 19.1. The summed E-state index contributed by atoms with van der Waals surface area (Å²) in [6.07, 6.45) is -0.0975. The van der Waals surface area contributed by atoms with Crippen molar-refractivity contribution < 1.29 is 19.1 Å². The molecule has 4 rings (SSSR count). The van der Waals surface area contributed by atoms with Crippen molar-refractivity contribution in [2.45, 2.75) is 38.5 Å². The van der Waals surface area contributed by atoms with Gasteiger partial charge in [0.2, 0.25) is 5.91 Å². The third-order valence-electron chi connectivity index (χ3n) is 6.18. The number of aromatic nitrogens is 2. The number of aromatic amines is 1. The van der Waals surface area contributed by atoms with Gasteiger partial charge in [-0.1, -0.05) is 30.3 Å². The molecule has 0 bridgehead atoms. The lowest BCUT2D eigenvalue weighted by molar-refractivity contribution is -0.119. The summed E-state index contributed by atoms with van der Waals surface area (Å²) in [5.41, 5.74) is 1.90. The van der Waals surface area contributed by atoms with Crippen LogP contribution in [0.15, 0.2) is 30.3 Å². The summed E-state index contributed by atoms with van der Waals surface area (Å²) >= 11 is 0. The highest BCUT2D eigenvalue weighted by atomic mass is 16.6. The average Bonchev–Trinajstić information content (AvgIpc) is 3.47. The summed E-state index contributed by atoms with van der Waals surface area (Å²) < 4.78 is 11.3. The monoisotopic (exact) mass is 441 g/mol. The second-order valence-corrected chi connectivity index (χ2v) is 9.17. The molecule has 0 aliphatic carbocycles. The number of nitrogens with zero attached hydrogens (tertiary/aromatic N) is 3. The molecule has 1 aromatic carbocycles. The van der Waals surface area contributed by atoms with Gasteiger partial charge in [-0.25, -0.2) is 4.79 Å². The van der Waals surface area contributed by atoms with E-state index in [4.69, 9.17) is 9.47 Å². The van der Waals surface area contributed by atoms with E-state index < -0.39 is 17.7 Å². The maximum absolute atomic E-state index is 13.3. The topological polar surface area (TPSA) is 99.8 Å². The highest BCUT2D eigenvalue weighted by Crippen LogP contribution is 2.41. The normalized spacial score (nSPS) is 20.3. The van der Waals surface area contributed by atoms with Gasteiger partial charge in [0, 0.05) is 18.7 Å². The molecule has 2 N–H and O–H groups in total. The Balaban J connectivity index is 1.50. The Kier molecular flexibility index (Phi) is 6.21. The Hall–Kier alpha value is -2.91. The van der Waals surface area contributed by atoms with Crippen LogP contribution < -0.4 is 5.32 Å². The van der Waals surface area contributed by atoms with E-state index in [9.17, 15) is 9.59 Å². The van der Waals surface area contributed by atoms with Crippen LogP contribution >= 0.6 is 0 Å². The number of hydrogen-bond donors (Lipinski definition) is 2. The molecule has 2 aliphatic heterocycles. The fourth-order valence-electron chi connectivity index (χ4n) is 4.27. The zero-order chi connectivity index (χ0) is 22.9. The van der Waals surface area contributed by atoms with Gasteiger partial charge in [0.05, 0.1) is 30.3 Å². The largest absolute Gasteiger partial charge is 0.440 e. The highest BCUT2D eigenvalue weighted by Gasteiger charge is 2.45. The number of nitrogens with one attached hydrogen (secondary N) is 2. The highest BCUT2D eigenvalue weighted by molar-refractivity contribution is 5.93. The minimum Gasteiger partial charge on any atom is -0.440 e. The maximum Gasteiger partial charge on any atom is 0.411 e. The molecule has 9 heteroatoms. The van der Waals surface area contributed by atoms with E-state index in [0.717, 1.165) is 16.8 Å². The SMILES string of the molecule is CN(C)CC(OC(=O)N1Cc2c(NC(=O)C3CCOC3)n[nH]c2C1(C)C)c1ccccc1. The van der Waals surface area contributed by atoms with Gasteiger partial charge < -0.3 is 19.7 Å². The van der Waals surface area contributed by atoms with Gasteiger partial charge in [-0.2, -0.15) is 5.10 Å². The summed E-state index contributed by atoms with van der Waals surface area (Å²) in [6.45, 7) is 5.78. The first-order chi connectivity index (χ1) is 15.3. The van der Waals surface area contributed by atoms with E-state index in [1.807, 2.05) is 63.2 Å². The number of H-pyrrole nitrogens is 1. The van der Waals surface area contributed by atoms with Crippen molar-refractivity contribution in [3.8, 4) is 0 Å². The first-order valence-corrected chi connectivity index (χ1v) is 10.9. The van der Waals surface area contributed by atoms with Crippen LogP contribution in [0.3, 0.4) is 0 Å². The van der Waals surface area contributed by atoms with E-state index in [-0.39, 0.29) is 11.8 Å². The van der Waals surface area contributed by atoms with E-state index in [1.54, 1.807) is 4.90 Å². The van der Waals surface area contributed by atoms with Crippen molar-refractivity contribution in [2.75, 3.05) is 39.2 Å². The van der Waals surface area contributed by atoms with Crippen molar-refractivity contribution >= 4 is 17.8 Å². The minimum absolute atomic E-state index is 0.106. The molecule has 2 amide bonds. The third kappa shape index (κ3) is 4.35. The molecule has 0 saturated carbocycles. The molecular weight excluding hydrogens is 410 g/mol. The molecule has 0 spiro atoms. The predicted molar refractivity (Wildman–Crippen MR) is 119 cm³/mol. The van der Waals surface area contributed by atoms with Gasteiger partial charge in [0.15, 0.2) is 5.82 Å². The summed E-state index contributed by atoms with van der Waals surface area (Å²) in [7, 11) is 3.90. The lowest BCUT2D eigenvalue weighted by Crippen LogP contribution is -2.42. The van der Waals surface area contributed by atoms with Crippen LogP contribution in [-0.4, -0.2) is 65.9 Å². The molecule has 9 nitrogen and oxygen atoms in total. The molecule has 3 heterocycles. The molecule has 2 atom stereocenters. The van der Waals surface area contributed by atoms with Gasteiger partial charge in [-0.05, 0) is 39.9 Å². The predicted octanol–water partition coefficient (Wildman–Crippen LogP) is 2.87. The number of likely N-dealkylation sites (N-methyl/N-ethyl adjacent to an activating group) is 1. The maximum atomic E-state index is 13.3. The smallest absolute Gasteiger partial charge is 0.411 e. The van der Waals surface area contributed by atoms with Crippen molar-refractivity contribution in [3.63, 3.8) is 0 Å². The van der Waals surface area contributed by atoms with Crippen molar-refractivity contribution in [3.05, 3.63) is 47.2 Å². The number of carbonyl (C=O) groups excluding carboxylic acids is 2. The number of fused-ring (bicyclic) bond motifs is 1.